The van der Waals surface area contributed by atoms with E-state index < -0.39 is 0 Å². The fourth-order valence-corrected chi connectivity index (χ4v) is 3.38. The van der Waals surface area contributed by atoms with Crippen LogP contribution in [0.5, 0.6) is 0 Å². The summed E-state index contributed by atoms with van der Waals surface area (Å²) in [7, 11) is 0. The monoisotopic (exact) mass is 288 g/mol. The summed E-state index contributed by atoms with van der Waals surface area (Å²) in [6, 6.07) is 5.66. The van der Waals surface area contributed by atoms with Crippen LogP contribution in [-0.2, 0) is 6.54 Å². The molecule has 2 aliphatic rings. The van der Waals surface area contributed by atoms with Crippen LogP contribution in [0.3, 0.4) is 0 Å². The average Bonchev–Trinajstić information content (AvgIpc) is 3.16. The highest BCUT2D eigenvalue weighted by atomic mass is 15.3. The lowest BCUT2D eigenvalue weighted by molar-refractivity contribution is 0.260. The van der Waals surface area contributed by atoms with E-state index in [0.717, 1.165) is 31.5 Å². The van der Waals surface area contributed by atoms with Crippen LogP contribution in [-0.4, -0.2) is 48.1 Å². The second-order valence-electron chi connectivity index (χ2n) is 6.69. The van der Waals surface area contributed by atoms with Crippen molar-refractivity contribution in [3.63, 3.8) is 0 Å². The Morgan fingerprint density at radius 1 is 1.24 bits per heavy atom. The number of aromatic nitrogens is 1. The lowest BCUT2D eigenvalue weighted by Gasteiger charge is -2.24. The Kier molecular flexibility index (Phi) is 4.76. The SMILES string of the molecule is CC(C)NCc1ccc(N2CCC(N3CCCC3)C2)nc1. The van der Waals surface area contributed by atoms with Gasteiger partial charge < -0.3 is 10.2 Å². The molecule has 1 N–H and O–H groups in total. The van der Waals surface area contributed by atoms with Crippen molar-refractivity contribution in [2.75, 3.05) is 31.1 Å². The lowest BCUT2D eigenvalue weighted by Crippen LogP contribution is -2.35. The van der Waals surface area contributed by atoms with E-state index in [2.05, 4.69) is 46.1 Å². The van der Waals surface area contributed by atoms with E-state index in [1.54, 1.807) is 0 Å². The molecule has 0 amide bonds. The van der Waals surface area contributed by atoms with Gasteiger partial charge in [0.1, 0.15) is 5.82 Å². The van der Waals surface area contributed by atoms with Gasteiger partial charge in [-0.1, -0.05) is 19.9 Å². The van der Waals surface area contributed by atoms with Crippen LogP contribution in [0.2, 0.25) is 0 Å². The number of anilines is 1. The van der Waals surface area contributed by atoms with Crippen LogP contribution in [0, 0.1) is 0 Å². The highest BCUT2D eigenvalue weighted by Crippen LogP contribution is 2.24. The molecule has 21 heavy (non-hydrogen) atoms. The molecular weight excluding hydrogens is 260 g/mol. The van der Waals surface area contributed by atoms with E-state index in [9.17, 15) is 0 Å². The van der Waals surface area contributed by atoms with E-state index in [1.807, 2.05) is 6.20 Å². The van der Waals surface area contributed by atoms with Crippen LogP contribution in [0.25, 0.3) is 0 Å². The number of hydrogen-bond donors (Lipinski definition) is 1. The molecule has 2 saturated heterocycles. The Morgan fingerprint density at radius 3 is 2.71 bits per heavy atom. The normalized spacial score (nSPS) is 23.4. The molecule has 2 fully saturated rings. The van der Waals surface area contributed by atoms with Gasteiger partial charge in [-0.25, -0.2) is 4.98 Å². The molecule has 4 heteroatoms. The third kappa shape index (κ3) is 3.74. The maximum absolute atomic E-state index is 4.67. The van der Waals surface area contributed by atoms with Gasteiger partial charge in [-0.15, -0.1) is 0 Å². The Morgan fingerprint density at radius 2 is 2.05 bits per heavy atom. The Hall–Kier alpha value is -1.13. The summed E-state index contributed by atoms with van der Waals surface area (Å²) >= 11 is 0. The van der Waals surface area contributed by atoms with Gasteiger partial charge in [0.2, 0.25) is 0 Å². The molecule has 0 bridgehead atoms. The first-order valence-electron chi connectivity index (χ1n) is 8.39. The van der Waals surface area contributed by atoms with Gasteiger partial charge in [0.25, 0.3) is 0 Å². The van der Waals surface area contributed by atoms with E-state index >= 15 is 0 Å². The van der Waals surface area contributed by atoms with Crippen molar-refractivity contribution >= 4 is 5.82 Å². The minimum absolute atomic E-state index is 0.518. The van der Waals surface area contributed by atoms with Crippen molar-refractivity contribution in [1.82, 2.24) is 15.2 Å². The number of pyridine rings is 1. The van der Waals surface area contributed by atoms with Crippen molar-refractivity contribution in [3.05, 3.63) is 23.9 Å². The summed E-state index contributed by atoms with van der Waals surface area (Å²) < 4.78 is 0. The summed E-state index contributed by atoms with van der Waals surface area (Å²) in [5.41, 5.74) is 1.27. The van der Waals surface area contributed by atoms with Crippen LogP contribution < -0.4 is 10.2 Å². The number of rotatable bonds is 5. The highest BCUT2D eigenvalue weighted by Gasteiger charge is 2.29. The predicted octanol–water partition coefficient (Wildman–Crippen LogP) is 2.25. The molecule has 3 rings (SSSR count). The molecule has 0 spiro atoms. The zero-order chi connectivity index (χ0) is 14.7. The van der Waals surface area contributed by atoms with Gasteiger partial charge >= 0.3 is 0 Å². The van der Waals surface area contributed by atoms with Gasteiger partial charge in [-0.05, 0) is 44.0 Å². The van der Waals surface area contributed by atoms with Crippen LogP contribution in [0.15, 0.2) is 18.3 Å². The molecule has 0 saturated carbocycles. The van der Waals surface area contributed by atoms with Crippen molar-refractivity contribution < 1.29 is 0 Å². The second kappa shape index (κ2) is 6.75. The standard InChI is InChI=1S/C17H28N4/c1-14(2)18-11-15-5-6-17(19-12-15)21-10-7-16(13-21)20-8-3-4-9-20/h5-6,12,14,16,18H,3-4,7-11,13H2,1-2H3. The summed E-state index contributed by atoms with van der Waals surface area (Å²) in [6.45, 7) is 10.1. The van der Waals surface area contributed by atoms with Crippen molar-refractivity contribution in [3.8, 4) is 0 Å². The third-order valence-electron chi connectivity index (χ3n) is 4.67. The lowest BCUT2D eigenvalue weighted by atomic mass is 10.2. The maximum atomic E-state index is 4.67. The first kappa shape index (κ1) is 14.8. The summed E-state index contributed by atoms with van der Waals surface area (Å²) in [6.07, 6.45) is 6.07. The molecule has 1 unspecified atom stereocenters. The van der Waals surface area contributed by atoms with Gasteiger partial charge in [0.05, 0.1) is 0 Å². The zero-order valence-electron chi connectivity index (χ0n) is 13.4. The molecule has 116 valence electrons. The molecule has 2 aliphatic heterocycles. The Bertz CT molecular complexity index is 437. The van der Waals surface area contributed by atoms with Gasteiger partial charge in [0.15, 0.2) is 0 Å². The molecule has 1 aromatic rings. The van der Waals surface area contributed by atoms with Gasteiger partial charge in [0, 0.05) is 37.9 Å². The van der Waals surface area contributed by atoms with Crippen LogP contribution in [0.1, 0.15) is 38.7 Å². The molecule has 1 atom stereocenters. The summed E-state index contributed by atoms with van der Waals surface area (Å²) in [5.74, 6) is 1.14. The minimum Gasteiger partial charge on any atom is -0.355 e. The van der Waals surface area contributed by atoms with Crippen molar-refractivity contribution in [2.45, 2.75) is 51.7 Å². The van der Waals surface area contributed by atoms with Crippen LogP contribution >= 0.6 is 0 Å². The van der Waals surface area contributed by atoms with Crippen molar-refractivity contribution in [1.29, 1.82) is 0 Å². The van der Waals surface area contributed by atoms with E-state index in [1.165, 1.54) is 37.9 Å². The Labute approximate surface area is 128 Å². The molecule has 0 aromatic carbocycles. The van der Waals surface area contributed by atoms with Gasteiger partial charge in [-0.3, -0.25) is 4.90 Å². The molecule has 0 radical (unpaired) electrons. The third-order valence-corrected chi connectivity index (χ3v) is 4.67. The second-order valence-corrected chi connectivity index (χ2v) is 6.69. The minimum atomic E-state index is 0.518. The molecule has 4 nitrogen and oxygen atoms in total. The quantitative estimate of drug-likeness (QED) is 0.900. The fourth-order valence-electron chi connectivity index (χ4n) is 3.38. The van der Waals surface area contributed by atoms with Gasteiger partial charge in [-0.2, -0.15) is 0 Å². The number of hydrogen-bond acceptors (Lipinski definition) is 4. The smallest absolute Gasteiger partial charge is 0.128 e. The van der Waals surface area contributed by atoms with E-state index in [0.29, 0.717) is 6.04 Å². The van der Waals surface area contributed by atoms with E-state index in [-0.39, 0.29) is 0 Å². The molecule has 1 aromatic heterocycles. The topological polar surface area (TPSA) is 31.4 Å². The maximum Gasteiger partial charge on any atom is 0.128 e. The molecule has 0 aliphatic carbocycles. The number of likely N-dealkylation sites (tertiary alicyclic amines) is 1. The number of nitrogens with one attached hydrogen (secondary N) is 1. The first-order chi connectivity index (χ1) is 10.2. The highest BCUT2D eigenvalue weighted by molar-refractivity contribution is 5.41. The number of nitrogens with zero attached hydrogens (tertiary/aromatic N) is 3. The zero-order valence-corrected chi connectivity index (χ0v) is 13.4. The predicted molar refractivity (Wildman–Crippen MR) is 87.6 cm³/mol. The van der Waals surface area contributed by atoms with Crippen LogP contribution in [0.4, 0.5) is 5.82 Å². The largest absolute Gasteiger partial charge is 0.355 e. The Balaban J connectivity index is 1.55. The molecular formula is C17H28N4. The van der Waals surface area contributed by atoms with Crippen molar-refractivity contribution in [2.24, 2.45) is 0 Å². The summed E-state index contributed by atoms with van der Waals surface area (Å²) in [4.78, 5) is 9.78. The fraction of sp³-hybridized carbons (Fsp3) is 0.706. The summed E-state index contributed by atoms with van der Waals surface area (Å²) in [5, 5.41) is 3.43. The molecule has 3 heterocycles. The average molecular weight is 288 g/mol. The first-order valence-corrected chi connectivity index (χ1v) is 8.39. The van der Waals surface area contributed by atoms with E-state index in [4.69, 9.17) is 0 Å².